The smallest absolute Gasteiger partial charge is 0.240 e. The topological polar surface area (TPSA) is 58.2 Å². The van der Waals surface area contributed by atoms with E-state index in [2.05, 4.69) is 10.0 Å². The number of nitrogens with one attached hydrogen (secondary N) is 2. The molecule has 0 spiro atoms. The van der Waals surface area contributed by atoms with E-state index in [1.165, 1.54) is 7.05 Å². The zero-order valence-corrected chi connectivity index (χ0v) is 10.7. The van der Waals surface area contributed by atoms with Gasteiger partial charge < -0.3 is 5.32 Å². The molecule has 0 aliphatic rings. The Bertz CT molecular complexity index is 455. The van der Waals surface area contributed by atoms with Gasteiger partial charge in [0.15, 0.2) is 0 Å². The van der Waals surface area contributed by atoms with Crippen LogP contribution >= 0.6 is 0 Å². The van der Waals surface area contributed by atoms with Crippen molar-refractivity contribution in [2.75, 3.05) is 14.1 Å². The van der Waals surface area contributed by atoms with Crippen LogP contribution in [0.1, 0.15) is 18.1 Å². The molecule has 0 saturated heterocycles. The Kier molecular flexibility index (Phi) is 4.46. The first-order valence-electron chi connectivity index (χ1n) is 5.25. The third kappa shape index (κ3) is 2.81. The zero-order chi connectivity index (χ0) is 12.2. The zero-order valence-electron chi connectivity index (χ0n) is 9.87. The van der Waals surface area contributed by atoms with Crippen molar-refractivity contribution in [2.45, 2.75) is 24.8 Å². The van der Waals surface area contributed by atoms with Crippen LogP contribution in [0.2, 0.25) is 0 Å². The van der Waals surface area contributed by atoms with Crippen LogP contribution in [0.5, 0.6) is 0 Å². The van der Waals surface area contributed by atoms with Gasteiger partial charge in [0.2, 0.25) is 10.0 Å². The van der Waals surface area contributed by atoms with E-state index in [1.807, 2.05) is 26.1 Å². The Morgan fingerprint density at radius 2 is 1.94 bits per heavy atom. The van der Waals surface area contributed by atoms with Gasteiger partial charge in [-0.05, 0) is 37.7 Å². The fourth-order valence-electron chi connectivity index (χ4n) is 1.57. The van der Waals surface area contributed by atoms with Crippen LogP contribution in [0.3, 0.4) is 0 Å². The number of hydrogen-bond acceptors (Lipinski definition) is 3. The maximum Gasteiger partial charge on any atom is 0.240 e. The van der Waals surface area contributed by atoms with Crippen molar-refractivity contribution >= 4 is 10.0 Å². The second-order valence-electron chi connectivity index (χ2n) is 3.53. The van der Waals surface area contributed by atoms with Crippen molar-refractivity contribution in [1.29, 1.82) is 0 Å². The van der Waals surface area contributed by atoms with Gasteiger partial charge in [-0.3, -0.25) is 0 Å². The lowest BCUT2D eigenvalue weighted by atomic mass is 10.1. The van der Waals surface area contributed by atoms with Crippen LogP contribution in [0, 0.1) is 0 Å². The molecule has 0 atom stereocenters. The molecule has 1 aromatic rings. The summed E-state index contributed by atoms with van der Waals surface area (Å²) in [6.45, 7) is 2.61. The average Bonchev–Trinajstić information content (AvgIpc) is 2.29. The molecule has 0 radical (unpaired) electrons. The van der Waals surface area contributed by atoms with Crippen molar-refractivity contribution in [2.24, 2.45) is 0 Å². The molecule has 1 rings (SSSR count). The third-order valence-electron chi connectivity index (χ3n) is 2.45. The Morgan fingerprint density at radius 1 is 1.25 bits per heavy atom. The van der Waals surface area contributed by atoms with Gasteiger partial charge in [-0.1, -0.05) is 19.1 Å². The number of rotatable bonds is 5. The quantitative estimate of drug-likeness (QED) is 0.805. The number of benzene rings is 1. The summed E-state index contributed by atoms with van der Waals surface area (Å²) < 4.78 is 26.0. The summed E-state index contributed by atoms with van der Waals surface area (Å²) in [7, 11) is -0.0962. The summed E-state index contributed by atoms with van der Waals surface area (Å²) in [5.41, 5.74) is 1.81. The first-order valence-corrected chi connectivity index (χ1v) is 6.73. The number of sulfonamides is 1. The second-order valence-corrected chi connectivity index (χ2v) is 5.39. The average molecular weight is 242 g/mol. The monoisotopic (exact) mass is 242 g/mol. The minimum absolute atomic E-state index is 0.380. The highest BCUT2D eigenvalue weighted by Crippen LogP contribution is 2.18. The standard InChI is InChI=1S/C11H18N2O2S/c1-4-10-6-5-9(8-12-2)7-11(10)16(14,15)13-3/h5-7,12-13H,4,8H2,1-3H3. The van der Waals surface area contributed by atoms with E-state index in [-0.39, 0.29) is 0 Å². The van der Waals surface area contributed by atoms with E-state index in [0.717, 1.165) is 11.1 Å². The van der Waals surface area contributed by atoms with Crippen molar-refractivity contribution in [3.05, 3.63) is 29.3 Å². The summed E-state index contributed by atoms with van der Waals surface area (Å²) in [6.07, 6.45) is 0.704. The van der Waals surface area contributed by atoms with Crippen LogP contribution < -0.4 is 10.0 Å². The van der Waals surface area contributed by atoms with Crippen molar-refractivity contribution < 1.29 is 8.42 Å². The molecule has 0 amide bonds. The molecule has 2 N–H and O–H groups in total. The SMILES string of the molecule is CCc1ccc(CNC)cc1S(=O)(=O)NC. The predicted octanol–water partition coefficient (Wildman–Crippen LogP) is 0.876. The van der Waals surface area contributed by atoms with Crippen molar-refractivity contribution in [3.63, 3.8) is 0 Å². The lowest BCUT2D eigenvalue weighted by molar-refractivity contribution is 0.587. The highest BCUT2D eigenvalue weighted by Gasteiger charge is 2.15. The van der Waals surface area contributed by atoms with Gasteiger partial charge in [-0.2, -0.15) is 0 Å². The molecular weight excluding hydrogens is 224 g/mol. The molecule has 0 saturated carbocycles. The minimum Gasteiger partial charge on any atom is -0.316 e. The summed E-state index contributed by atoms with van der Waals surface area (Å²) in [5.74, 6) is 0. The molecule has 5 heteroatoms. The molecule has 0 unspecified atom stereocenters. The molecule has 0 aliphatic carbocycles. The number of aryl methyl sites for hydroxylation is 1. The molecule has 16 heavy (non-hydrogen) atoms. The Hall–Kier alpha value is -0.910. The predicted molar refractivity (Wildman–Crippen MR) is 64.8 cm³/mol. The molecule has 1 aromatic carbocycles. The molecule has 0 bridgehead atoms. The van der Waals surface area contributed by atoms with E-state index in [0.29, 0.717) is 17.9 Å². The first kappa shape index (κ1) is 13.2. The molecular formula is C11H18N2O2S. The van der Waals surface area contributed by atoms with E-state index < -0.39 is 10.0 Å². The molecule has 0 aromatic heterocycles. The molecule has 4 nitrogen and oxygen atoms in total. The Morgan fingerprint density at radius 3 is 2.44 bits per heavy atom. The highest BCUT2D eigenvalue weighted by molar-refractivity contribution is 7.89. The minimum atomic E-state index is -3.36. The Labute approximate surface area is 97.1 Å². The lowest BCUT2D eigenvalue weighted by Crippen LogP contribution is -2.20. The van der Waals surface area contributed by atoms with Crippen LogP contribution in [-0.4, -0.2) is 22.5 Å². The van der Waals surface area contributed by atoms with Gasteiger partial charge in [-0.25, -0.2) is 13.1 Å². The fraction of sp³-hybridized carbons (Fsp3) is 0.455. The van der Waals surface area contributed by atoms with Gasteiger partial charge in [0, 0.05) is 6.54 Å². The van der Waals surface area contributed by atoms with E-state index in [4.69, 9.17) is 0 Å². The summed E-state index contributed by atoms with van der Waals surface area (Å²) in [6, 6.07) is 5.54. The van der Waals surface area contributed by atoms with Gasteiger partial charge >= 0.3 is 0 Å². The molecule has 0 fully saturated rings. The van der Waals surface area contributed by atoms with Crippen LogP contribution in [0.15, 0.2) is 23.1 Å². The van der Waals surface area contributed by atoms with Gasteiger partial charge in [0.05, 0.1) is 4.90 Å². The van der Waals surface area contributed by atoms with Crippen molar-refractivity contribution in [3.8, 4) is 0 Å². The van der Waals surface area contributed by atoms with Gasteiger partial charge in [0.25, 0.3) is 0 Å². The van der Waals surface area contributed by atoms with Crippen LogP contribution in [-0.2, 0) is 23.0 Å². The van der Waals surface area contributed by atoms with E-state index in [1.54, 1.807) is 6.07 Å². The van der Waals surface area contributed by atoms with Crippen molar-refractivity contribution in [1.82, 2.24) is 10.0 Å². The maximum atomic E-state index is 11.8. The first-order chi connectivity index (χ1) is 7.55. The van der Waals surface area contributed by atoms with Gasteiger partial charge in [-0.15, -0.1) is 0 Å². The molecule has 0 aliphatic heterocycles. The second kappa shape index (κ2) is 5.43. The van der Waals surface area contributed by atoms with Gasteiger partial charge in [0.1, 0.15) is 0 Å². The largest absolute Gasteiger partial charge is 0.316 e. The Balaban J connectivity index is 3.28. The molecule has 0 heterocycles. The van der Waals surface area contributed by atoms with Crippen LogP contribution in [0.25, 0.3) is 0 Å². The fourth-order valence-corrected chi connectivity index (χ4v) is 2.65. The lowest BCUT2D eigenvalue weighted by Gasteiger charge is -2.10. The number of hydrogen-bond donors (Lipinski definition) is 2. The molecule has 90 valence electrons. The highest BCUT2D eigenvalue weighted by atomic mass is 32.2. The summed E-state index contributed by atoms with van der Waals surface area (Å²) in [5, 5.41) is 3.00. The third-order valence-corrected chi connectivity index (χ3v) is 3.95. The normalized spacial score (nSPS) is 11.7. The van der Waals surface area contributed by atoms with E-state index >= 15 is 0 Å². The van der Waals surface area contributed by atoms with E-state index in [9.17, 15) is 8.42 Å². The summed E-state index contributed by atoms with van der Waals surface area (Å²) >= 11 is 0. The van der Waals surface area contributed by atoms with Crippen LogP contribution in [0.4, 0.5) is 0 Å². The summed E-state index contributed by atoms with van der Waals surface area (Å²) in [4.78, 5) is 0.380. The maximum absolute atomic E-state index is 11.8.